The van der Waals surface area contributed by atoms with Crippen molar-refractivity contribution in [3.63, 3.8) is 0 Å². The summed E-state index contributed by atoms with van der Waals surface area (Å²) in [7, 11) is 0. The first kappa shape index (κ1) is 14.3. The second-order valence-corrected chi connectivity index (χ2v) is 5.94. The largest absolute Gasteiger partial charge is 0.346 e. The average molecular weight is 386 g/mol. The van der Waals surface area contributed by atoms with Crippen LogP contribution in [0.2, 0.25) is 5.02 Å². The maximum Gasteiger partial charge on any atom is 0.251 e. The maximum absolute atomic E-state index is 12.1. The summed E-state index contributed by atoms with van der Waals surface area (Å²) in [4.78, 5) is 12.1. The van der Waals surface area contributed by atoms with E-state index in [0.29, 0.717) is 10.6 Å². The van der Waals surface area contributed by atoms with Crippen molar-refractivity contribution in [2.75, 3.05) is 0 Å². The molecule has 1 N–H and O–H groups in total. The van der Waals surface area contributed by atoms with Crippen molar-refractivity contribution in [2.45, 2.75) is 13.0 Å². The van der Waals surface area contributed by atoms with Gasteiger partial charge < -0.3 is 5.32 Å². The van der Waals surface area contributed by atoms with Crippen LogP contribution in [0.1, 0.15) is 28.9 Å². The lowest BCUT2D eigenvalue weighted by Gasteiger charge is -2.14. The van der Waals surface area contributed by atoms with Crippen molar-refractivity contribution in [3.8, 4) is 0 Å². The van der Waals surface area contributed by atoms with Gasteiger partial charge in [-0.2, -0.15) is 0 Å². The van der Waals surface area contributed by atoms with Crippen LogP contribution in [0.25, 0.3) is 0 Å². The monoisotopic (exact) mass is 385 g/mol. The van der Waals surface area contributed by atoms with Crippen molar-refractivity contribution in [1.82, 2.24) is 5.32 Å². The van der Waals surface area contributed by atoms with Crippen LogP contribution in [0.4, 0.5) is 0 Å². The fourth-order valence-electron chi connectivity index (χ4n) is 1.74. The molecule has 19 heavy (non-hydrogen) atoms. The van der Waals surface area contributed by atoms with Crippen LogP contribution in [0.5, 0.6) is 0 Å². The van der Waals surface area contributed by atoms with Gasteiger partial charge in [-0.05, 0) is 71.5 Å². The fourth-order valence-corrected chi connectivity index (χ4v) is 2.30. The predicted molar refractivity (Wildman–Crippen MR) is 86.5 cm³/mol. The fraction of sp³-hybridized carbons (Fsp3) is 0.133. The number of hydrogen-bond donors (Lipinski definition) is 1. The zero-order valence-electron chi connectivity index (χ0n) is 10.4. The average Bonchev–Trinajstić information content (AvgIpc) is 2.39. The van der Waals surface area contributed by atoms with Gasteiger partial charge >= 0.3 is 0 Å². The molecular formula is C15H13ClINO. The predicted octanol–water partition coefficient (Wildman–Crippen LogP) is 4.44. The molecule has 2 rings (SSSR count). The quantitative estimate of drug-likeness (QED) is 0.778. The Kier molecular flexibility index (Phi) is 4.82. The molecule has 0 aliphatic rings. The van der Waals surface area contributed by atoms with Crippen LogP contribution >= 0.6 is 34.2 Å². The minimum absolute atomic E-state index is 0.0783. The topological polar surface area (TPSA) is 29.1 Å². The lowest BCUT2D eigenvalue weighted by Crippen LogP contribution is -2.26. The normalized spacial score (nSPS) is 11.9. The summed E-state index contributed by atoms with van der Waals surface area (Å²) in [6.07, 6.45) is 0. The van der Waals surface area contributed by atoms with E-state index in [1.54, 1.807) is 0 Å². The minimum Gasteiger partial charge on any atom is -0.346 e. The Labute approximate surface area is 131 Å². The van der Waals surface area contributed by atoms with Crippen LogP contribution < -0.4 is 5.32 Å². The van der Waals surface area contributed by atoms with E-state index < -0.39 is 0 Å². The Morgan fingerprint density at radius 3 is 2.53 bits per heavy atom. The van der Waals surface area contributed by atoms with Crippen LogP contribution in [-0.2, 0) is 0 Å². The zero-order valence-corrected chi connectivity index (χ0v) is 13.3. The van der Waals surface area contributed by atoms with E-state index in [4.69, 9.17) is 11.6 Å². The summed E-state index contributed by atoms with van der Waals surface area (Å²) < 4.78 is 1.11. The molecule has 2 nitrogen and oxygen atoms in total. The summed E-state index contributed by atoms with van der Waals surface area (Å²) in [6.45, 7) is 1.94. The molecule has 1 atom stereocenters. The lowest BCUT2D eigenvalue weighted by atomic mass is 10.1. The van der Waals surface area contributed by atoms with E-state index in [9.17, 15) is 4.79 Å². The first-order valence-corrected chi connectivity index (χ1v) is 7.34. The number of hydrogen-bond acceptors (Lipinski definition) is 1. The molecule has 0 fully saturated rings. The molecular weight excluding hydrogens is 373 g/mol. The van der Waals surface area contributed by atoms with Gasteiger partial charge in [0.15, 0.2) is 0 Å². The molecule has 2 aromatic carbocycles. The first-order valence-electron chi connectivity index (χ1n) is 5.88. The lowest BCUT2D eigenvalue weighted by molar-refractivity contribution is 0.0940. The smallest absolute Gasteiger partial charge is 0.251 e. The molecule has 0 aromatic heterocycles. The highest BCUT2D eigenvalue weighted by molar-refractivity contribution is 14.1. The van der Waals surface area contributed by atoms with Crippen LogP contribution in [0.3, 0.4) is 0 Å². The first-order chi connectivity index (χ1) is 9.06. The molecule has 98 valence electrons. The van der Waals surface area contributed by atoms with Gasteiger partial charge in [0, 0.05) is 14.2 Å². The van der Waals surface area contributed by atoms with Crippen LogP contribution in [0, 0.1) is 3.57 Å². The van der Waals surface area contributed by atoms with Gasteiger partial charge in [0.05, 0.1) is 6.04 Å². The molecule has 1 amide bonds. The summed E-state index contributed by atoms with van der Waals surface area (Å²) >= 11 is 8.16. The highest BCUT2D eigenvalue weighted by Gasteiger charge is 2.11. The summed E-state index contributed by atoms with van der Waals surface area (Å²) in [5.74, 6) is -0.0797. The summed E-state index contributed by atoms with van der Waals surface area (Å²) in [5.41, 5.74) is 1.65. The van der Waals surface area contributed by atoms with Gasteiger partial charge in [-0.15, -0.1) is 0 Å². The van der Waals surface area contributed by atoms with Crippen molar-refractivity contribution in [3.05, 3.63) is 68.3 Å². The molecule has 0 radical (unpaired) electrons. The molecule has 4 heteroatoms. The number of halogens is 2. The van der Waals surface area contributed by atoms with Crippen LogP contribution in [-0.4, -0.2) is 5.91 Å². The van der Waals surface area contributed by atoms with Gasteiger partial charge in [0.2, 0.25) is 0 Å². The highest BCUT2D eigenvalue weighted by atomic mass is 127. The summed E-state index contributed by atoms with van der Waals surface area (Å²) in [5, 5.41) is 3.63. The Hall–Kier alpha value is -1.07. The standard InChI is InChI=1S/C15H13ClINO/c1-10(12-3-2-4-13(16)9-12)18-15(19)11-5-7-14(17)8-6-11/h2-10H,1H3,(H,18,19). The Bertz CT molecular complexity index is 583. The number of benzene rings is 2. The van der Waals surface area contributed by atoms with Crippen LogP contribution in [0.15, 0.2) is 48.5 Å². The molecule has 0 saturated heterocycles. The molecule has 0 bridgehead atoms. The van der Waals surface area contributed by atoms with E-state index in [1.165, 1.54) is 0 Å². The number of amides is 1. The maximum atomic E-state index is 12.1. The Morgan fingerprint density at radius 2 is 1.89 bits per heavy atom. The van der Waals surface area contributed by atoms with E-state index in [0.717, 1.165) is 9.13 Å². The van der Waals surface area contributed by atoms with Crippen molar-refractivity contribution in [2.24, 2.45) is 0 Å². The van der Waals surface area contributed by atoms with E-state index in [2.05, 4.69) is 27.9 Å². The molecule has 1 unspecified atom stereocenters. The van der Waals surface area contributed by atoms with Crippen molar-refractivity contribution < 1.29 is 4.79 Å². The van der Waals surface area contributed by atoms with Gasteiger partial charge in [-0.1, -0.05) is 23.7 Å². The molecule has 2 aromatic rings. The second-order valence-electron chi connectivity index (χ2n) is 4.26. The SMILES string of the molecule is CC(NC(=O)c1ccc(I)cc1)c1cccc(Cl)c1. The van der Waals surface area contributed by atoms with Gasteiger partial charge in [-0.25, -0.2) is 0 Å². The van der Waals surface area contributed by atoms with Gasteiger partial charge in [-0.3, -0.25) is 4.79 Å². The number of carbonyl (C=O) groups is 1. The molecule has 0 saturated carbocycles. The molecule has 0 spiro atoms. The minimum atomic E-state index is -0.0797. The third-order valence-corrected chi connectivity index (χ3v) is 3.76. The number of nitrogens with one attached hydrogen (secondary N) is 1. The van der Waals surface area contributed by atoms with Crippen molar-refractivity contribution >= 4 is 40.1 Å². The zero-order chi connectivity index (χ0) is 13.8. The van der Waals surface area contributed by atoms with E-state index in [-0.39, 0.29) is 11.9 Å². The van der Waals surface area contributed by atoms with E-state index >= 15 is 0 Å². The Morgan fingerprint density at radius 1 is 1.21 bits per heavy atom. The van der Waals surface area contributed by atoms with Gasteiger partial charge in [0.1, 0.15) is 0 Å². The Balaban J connectivity index is 2.08. The van der Waals surface area contributed by atoms with Gasteiger partial charge in [0.25, 0.3) is 5.91 Å². The molecule has 0 aliphatic carbocycles. The summed E-state index contributed by atoms with van der Waals surface area (Å²) in [6, 6.07) is 14.9. The number of rotatable bonds is 3. The molecule has 0 aliphatic heterocycles. The molecule has 0 heterocycles. The van der Waals surface area contributed by atoms with E-state index in [1.807, 2.05) is 55.5 Å². The van der Waals surface area contributed by atoms with Crippen molar-refractivity contribution in [1.29, 1.82) is 0 Å². The third kappa shape index (κ3) is 3.94. The third-order valence-electron chi connectivity index (χ3n) is 2.80. The number of carbonyl (C=O) groups excluding carboxylic acids is 1. The highest BCUT2D eigenvalue weighted by Crippen LogP contribution is 2.18. The second kappa shape index (κ2) is 6.39.